The van der Waals surface area contributed by atoms with Crippen molar-refractivity contribution in [2.24, 2.45) is 0 Å². The number of hydrogen-bond acceptors (Lipinski definition) is 11. The molecule has 0 radical (unpaired) electrons. The Hall–Kier alpha value is -5.11. The number of rotatable bonds is 8. The van der Waals surface area contributed by atoms with Crippen LogP contribution in [-0.4, -0.2) is 86.7 Å². The summed E-state index contributed by atoms with van der Waals surface area (Å²) in [6.45, 7) is 3.74. The standard InChI is InChI=1S/C25H25ClN8O6S.C2HF3O2/c1-12(2)34-22(29-31-32-34)21(27-13-7-8-17(16(26)11-13)30-41(3,39)40)14-5-4-6-15-20(14)25(38)33(24(15)37)18-9-10-19(35)28-23(18)36;3-2(4,5)1(6)7/h4-8,11-12,18,21,27,30H,9-10H2,1-3H3,(H,28,35,36);(H,6,7). The number of nitrogens with one attached hydrogen (secondary N) is 3. The van der Waals surface area contributed by atoms with Crippen molar-refractivity contribution in [2.45, 2.75) is 51.0 Å². The van der Waals surface area contributed by atoms with Gasteiger partial charge in [-0.3, -0.25) is 34.1 Å². The maximum absolute atomic E-state index is 13.8. The van der Waals surface area contributed by atoms with Gasteiger partial charge in [0.1, 0.15) is 12.1 Å². The van der Waals surface area contributed by atoms with Gasteiger partial charge in [0.2, 0.25) is 21.8 Å². The van der Waals surface area contributed by atoms with Crippen molar-refractivity contribution in [1.29, 1.82) is 0 Å². The number of carboxylic acid groups (broad SMARTS) is 1. The Balaban J connectivity index is 0.000000671. The maximum atomic E-state index is 13.8. The number of carbonyl (C=O) groups is 5. The summed E-state index contributed by atoms with van der Waals surface area (Å²) in [6, 6.07) is 7.12. The molecule has 3 heterocycles. The number of fused-ring (bicyclic) bond motifs is 1. The zero-order chi connectivity index (χ0) is 35.7. The number of nitrogens with zero attached hydrogens (tertiary/aromatic N) is 5. The van der Waals surface area contributed by atoms with E-state index >= 15 is 0 Å². The molecule has 16 nitrogen and oxygen atoms in total. The zero-order valence-electron chi connectivity index (χ0n) is 25.1. The summed E-state index contributed by atoms with van der Waals surface area (Å²) in [5, 5.41) is 24.8. The molecule has 2 unspecified atom stereocenters. The van der Waals surface area contributed by atoms with Crippen molar-refractivity contribution in [3.8, 4) is 0 Å². The Morgan fingerprint density at radius 2 is 1.79 bits per heavy atom. The normalized spacial score (nSPS) is 17.0. The van der Waals surface area contributed by atoms with Gasteiger partial charge < -0.3 is 10.4 Å². The number of aromatic nitrogens is 4. The molecule has 0 spiro atoms. The average Bonchev–Trinajstić information content (AvgIpc) is 3.56. The molecule has 0 bridgehead atoms. The lowest BCUT2D eigenvalue weighted by atomic mass is 9.95. The topological polar surface area (TPSA) is 223 Å². The largest absolute Gasteiger partial charge is 0.490 e. The molecule has 2 aromatic carbocycles. The molecule has 256 valence electrons. The van der Waals surface area contributed by atoms with Crippen molar-refractivity contribution in [2.75, 3.05) is 16.3 Å². The summed E-state index contributed by atoms with van der Waals surface area (Å²) in [5.74, 6) is -4.95. The molecule has 21 heteroatoms. The first-order valence-corrected chi connectivity index (χ1v) is 16.0. The molecule has 1 aromatic heterocycles. The molecule has 1 fully saturated rings. The van der Waals surface area contributed by atoms with Crippen molar-refractivity contribution >= 4 is 62.6 Å². The van der Waals surface area contributed by atoms with Gasteiger partial charge >= 0.3 is 12.1 Å². The number of alkyl halides is 3. The first kappa shape index (κ1) is 35.7. The van der Waals surface area contributed by atoms with Crippen LogP contribution in [0, 0.1) is 0 Å². The van der Waals surface area contributed by atoms with E-state index in [1.165, 1.54) is 18.2 Å². The molecule has 2 aliphatic rings. The summed E-state index contributed by atoms with van der Waals surface area (Å²) in [4.78, 5) is 61.3. The van der Waals surface area contributed by atoms with Crippen LogP contribution in [0.2, 0.25) is 5.02 Å². The summed E-state index contributed by atoms with van der Waals surface area (Å²) >= 11 is 6.36. The van der Waals surface area contributed by atoms with Gasteiger partial charge in [-0.25, -0.2) is 17.9 Å². The molecule has 4 amide bonds. The lowest BCUT2D eigenvalue weighted by Gasteiger charge is -2.28. The second-order valence-electron chi connectivity index (χ2n) is 10.7. The number of amides is 4. The monoisotopic (exact) mass is 714 g/mol. The van der Waals surface area contributed by atoms with E-state index in [0.717, 1.165) is 11.2 Å². The zero-order valence-corrected chi connectivity index (χ0v) is 26.6. The van der Waals surface area contributed by atoms with Gasteiger partial charge in [0, 0.05) is 12.1 Å². The van der Waals surface area contributed by atoms with Gasteiger partial charge in [-0.2, -0.15) is 13.2 Å². The Morgan fingerprint density at radius 3 is 2.35 bits per heavy atom. The Morgan fingerprint density at radius 1 is 1.12 bits per heavy atom. The highest BCUT2D eigenvalue weighted by Gasteiger charge is 2.46. The fourth-order valence-electron chi connectivity index (χ4n) is 4.88. The minimum absolute atomic E-state index is 0.00500. The maximum Gasteiger partial charge on any atom is 0.490 e. The number of carbonyl (C=O) groups excluding carboxylic acids is 4. The van der Waals surface area contributed by atoms with Crippen LogP contribution in [-0.2, 0) is 24.4 Å². The summed E-state index contributed by atoms with van der Waals surface area (Å²) < 4.78 is 59.0. The molecule has 0 saturated carbocycles. The van der Waals surface area contributed by atoms with E-state index in [4.69, 9.17) is 21.5 Å². The van der Waals surface area contributed by atoms with E-state index < -0.39 is 57.9 Å². The average molecular weight is 715 g/mol. The summed E-state index contributed by atoms with van der Waals surface area (Å²) in [6.07, 6.45) is -4.07. The van der Waals surface area contributed by atoms with Gasteiger partial charge in [0.15, 0.2) is 5.82 Å². The predicted molar refractivity (Wildman–Crippen MR) is 160 cm³/mol. The van der Waals surface area contributed by atoms with E-state index in [1.54, 1.807) is 22.9 Å². The smallest absolute Gasteiger partial charge is 0.475 e. The summed E-state index contributed by atoms with van der Waals surface area (Å²) in [7, 11) is -3.57. The second-order valence-corrected chi connectivity index (χ2v) is 12.9. The number of benzene rings is 2. The van der Waals surface area contributed by atoms with Crippen LogP contribution in [0.25, 0.3) is 0 Å². The quantitative estimate of drug-likeness (QED) is 0.247. The lowest BCUT2D eigenvalue weighted by Crippen LogP contribution is -2.54. The van der Waals surface area contributed by atoms with Crippen molar-refractivity contribution in [1.82, 2.24) is 30.4 Å². The second kappa shape index (κ2) is 13.6. The van der Waals surface area contributed by atoms with Gasteiger partial charge in [-0.1, -0.05) is 23.7 Å². The Bertz CT molecular complexity index is 1920. The molecular formula is C27H26ClF3N8O8S. The first-order valence-electron chi connectivity index (χ1n) is 13.8. The van der Waals surface area contributed by atoms with Crippen LogP contribution in [0.1, 0.15) is 70.9 Å². The van der Waals surface area contributed by atoms with Gasteiger partial charge in [-0.05, 0) is 60.5 Å². The number of sulfonamides is 1. The highest BCUT2D eigenvalue weighted by molar-refractivity contribution is 7.92. The highest BCUT2D eigenvalue weighted by atomic mass is 35.5. The Kier molecular flexibility index (Phi) is 10.1. The SMILES string of the molecule is CC(C)n1nnnc1C(Nc1ccc(NS(C)(=O)=O)c(Cl)c1)c1cccc2c1C(=O)N(C1CCC(=O)NC1=O)C2=O.O=C(O)C(F)(F)F. The molecule has 1 saturated heterocycles. The van der Waals surface area contributed by atoms with Crippen LogP contribution < -0.4 is 15.4 Å². The fraction of sp³-hybridized carbons (Fsp3) is 0.333. The number of carboxylic acids is 1. The molecule has 48 heavy (non-hydrogen) atoms. The van der Waals surface area contributed by atoms with Crippen LogP contribution >= 0.6 is 11.6 Å². The van der Waals surface area contributed by atoms with Crippen LogP contribution in [0.4, 0.5) is 24.5 Å². The first-order chi connectivity index (χ1) is 22.3. The molecule has 0 aliphatic carbocycles. The molecular weight excluding hydrogens is 689 g/mol. The molecule has 2 aliphatic heterocycles. The van der Waals surface area contributed by atoms with Gasteiger partial charge in [0.25, 0.3) is 11.8 Å². The summed E-state index contributed by atoms with van der Waals surface area (Å²) in [5.41, 5.74) is 1.14. The van der Waals surface area contributed by atoms with Gasteiger partial charge in [-0.15, -0.1) is 5.10 Å². The number of tetrazole rings is 1. The number of anilines is 2. The minimum Gasteiger partial charge on any atom is -0.475 e. The lowest BCUT2D eigenvalue weighted by molar-refractivity contribution is -0.192. The van der Waals surface area contributed by atoms with Crippen LogP contribution in [0.15, 0.2) is 36.4 Å². The molecule has 4 N–H and O–H groups in total. The number of piperidine rings is 1. The number of halogens is 4. The number of aliphatic carboxylic acids is 1. The third-order valence-corrected chi connectivity index (χ3v) is 7.80. The predicted octanol–water partition coefficient (Wildman–Crippen LogP) is 2.51. The minimum atomic E-state index is -5.08. The van der Waals surface area contributed by atoms with E-state index in [1.807, 2.05) is 13.8 Å². The van der Waals surface area contributed by atoms with Crippen molar-refractivity contribution < 1.29 is 50.7 Å². The third kappa shape index (κ3) is 7.71. The van der Waals surface area contributed by atoms with E-state index in [2.05, 4.69) is 30.9 Å². The van der Waals surface area contributed by atoms with E-state index in [9.17, 15) is 40.8 Å². The molecule has 2 atom stereocenters. The highest BCUT2D eigenvalue weighted by Crippen LogP contribution is 2.37. The number of imide groups is 2. The fourth-order valence-corrected chi connectivity index (χ4v) is 5.74. The molecule has 5 rings (SSSR count). The van der Waals surface area contributed by atoms with E-state index in [-0.39, 0.29) is 40.7 Å². The van der Waals surface area contributed by atoms with Gasteiger partial charge in [0.05, 0.1) is 34.1 Å². The third-order valence-electron chi connectivity index (χ3n) is 6.89. The van der Waals surface area contributed by atoms with Crippen LogP contribution in [0.3, 0.4) is 0 Å². The van der Waals surface area contributed by atoms with Crippen molar-refractivity contribution in [3.63, 3.8) is 0 Å². The van der Waals surface area contributed by atoms with E-state index in [0.29, 0.717) is 17.1 Å². The number of hydrogen-bond donors (Lipinski definition) is 4. The Labute approximate surface area is 274 Å². The van der Waals surface area contributed by atoms with Crippen molar-refractivity contribution in [3.05, 3.63) is 63.9 Å². The van der Waals surface area contributed by atoms with Crippen LogP contribution in [0.5, 0.6) is 0 Å². The molecule has 3 aromatic rings.